The van der Waals surface area contributed by atoms with E-state index in [4.69, 9.17) is 0 Å². The van der Waals surface area contributed by atoms with Gasteiger partial charge in [0, 0.05) is 56.7 Å². The lowest BCUT2D eigenvalue weighted by Crippen LogP contribution is -2.43. The van der Waals surface area contributed by atoms with Crippen molar-refractivity contribution in [2.24, 2.45) is 0 Å². The Hall–Kier alpha value is -2.86. The lowest BCUT2D eigenvalue weighted by Gasteiger charge is -2.30. The van der Waals surface area contributed by atoms with Gasteiger partial charge in [-0.1, -0.05) is 18.2 Å². The van der Waals surface area contributed by atoms with E-state index in [1.807, 2.05) is 19.0 Å². The van der Waals surface area contributed by atoms with Crippen molar-refractivity contribution in [3.05, 3.63) is 53.1 Å². The summed E-state index contributed by atoms with van der Waals surface area (Å²) < 4.78 is 0. The first-order valence-electron chi connectivity index (χ1n) is 10.7. The quantitative estimate of drug-likeness (QED) is 0.673. The minimum Gasteiger partial charge on any atom is -0.369 e. The molecule has 2 aromatic carbocycles. The molecule has 0 radical (unpaired) electrons. The van der Waals surface area contributed by atoms with Gasteiger partial charge in [-0.05, 0) is 55.7 Å². The number of nitrogens with zero attached hydrogens (tertiary/aromatic N) is 4. The molecule has 1 saturated heterocycles. The third-order valence-electron chi connectivity index (χ3n) is 6.12. The molecule has 0 bridgehead atoms. The van der Waals surface area contributed by atoms with Crippen molar-refractivity contribution in [2.75, 3.05) is 55.4 Å². The molecule has 6 heteroatoms. The first kappa shape index (κ1) is 20.4. The standard InChI is InChI=1S/C24H32N6/c1-16-7-6-8-20(17(16)2)18(3)26-23-22-15-19(30-13-11-25-12-14-30)9-10-21(22)24(28-27-23)29(4)5/h6-10,15,18,25H,11-14H2,1-5H3,(H,26,27)/t18-/m1/s1. The Balaban J connectivity index is 1.76. The van der Waals surface area contributed by atoms with Crippen LogP contribution in [-0.2, 0) is 0 Å². The van der Waals surface area contributed by atoms with Crippen LogP contribution in [0.15, 0.2) is 36.4 Å². The zero-order chi connectivity index (χ0) is 21.3. The number of benzene rings is 2. The highest BCUT2D eigenvalue weighted by atomic mass is 15.3. The summed E-state index contributed by atoms with van der Waals surface area (Å²) in [5.41, 5.74) is 5.16. The summed E-state index contributed by atoms with van der Waals surface area (Å²) in [5.74, 6) is 1.72. The molecule has 1 aromatic heterocycles. The number of nitrogens with one attached hydrogen (secondary N) is 2. The van der Waals surface area contributed by atoms with Crippen LogP contribution in [0.4, 0.5) is 17.3 Å². The summed E-state index contributed by atoms with van der Waals surface area (Å²) in [4.78, 5) is 4.46. The third-order valence-corrected chi connectivity index (χ3v) is 6.12. The minimum absolute atomic E-state index is 0.135. The molecule has 0 spiro atoms. The van der Waals surface area contributed by atoms with Crippen LogP contribution in [-0.4, -0.2) is 50.5 Å². The molecule has 1 aliphatic rings. The van der Waals surface area contributed by atoms with Gasteiger partial charge >= 0.3 is 0 Å². The molecule has 0 amide bonds. The number of fused-ring (bicyclic) bond motifs is 1. The fourth-order valence-electron chi connectivity index (χ4n) is 4.21. The Labute approximate surface area is 179 Å². The molecular formula is C24H32N6. The Kier molecular flexibility index (Phi) is 5.77. The normalized spacial score (nSPS) is 15.3. The van der Waals surface area contributed by atoms with E-state index in [0.29, 0.717) is 0 Å². The zero-order valence-electron chi connectivity index (χ0n) is 18.7. The van der Waals surface area contributed by atoms with Gasteiger partial charge in [0.05, 0.1) is 6.04 Å². The Morgan fingerprint density at radius 3 is 2.53 bits per heavy atom. The molecule has 158 valence electrons. The average Bonchev–Trinajstić information content (AvgIpc) is 2.76. The van der Waals surface area contributed by atoms with E-state index in [1.165, 1.54) is 22.4 Å². The smallest absolute Gasteiger partial charge is 0.158 e. The van der Waals surface area contributed by atoms with Gasteiger partial charge in [0.1, 0.15) is 0 Å². The molecule has 6 nitrogen and oxygen atoms in total. The summed E-state index contributed by atoms with van der Waals surface area (Å²) in [6.45, 7) is 10.6. The molecule has 0 aliphatic carbocycles. The highest BCUT2D eigenvalue weighted by Gasteiger charge is 2.17. The molecule has 1 atom stereocenters. The van der Waals surface area contributed by atoms with Crippen LogP contribution in [0.25, 0.3) is 10.8 Å². The van der Waals surface area contributed by atoms with Crippen LogP contribution in [0.5, 0.6) is 0 Å². The van der Waals surface area contributed by atoms with Crippen LogP contribution < -0.4 is 20.4 Å². The molecule has 30 heavy (non-hydrogen) atoms. The van der Waals surface area contributed by atoms with Gasteiger partial charge in [-0.3, -0.25) is 0 Å². The largest absolute Gasteiger partial charge is 0.369 e. The lowest BCUT2D eigenvalue weighted by molar-refractivity contribution is 0.589. The van der Waals surface area contributed by atoms with Crippen molar-refractivity contribution >= 4 is 28.1 Å². The molecule has 2 heterocycles. The number of piperazine rings is 1. The number of rotatable bonds is 5. The van der Waals surface area contributed by atoms with Crippen LogP contribution >= 0.6 is 0 Å². The van der Waals surface area contributed by atoms with E-state index >= 15 is 0 Å². The second kappa shape index (κ2) is 8.48. The molecule has 0 saturated carbocycles. The van der Waals surface area contributed by atoms with Crippen molar-refractivity contribution in [3.63, 3.8) is 0 Å². The van der Waals surface area contributed by atoms with Gasteiger partial charge in [0.25, 0.3) is 0 Å². The molecule has 0 unspecified atom stereocenters. The fraction of sp³-hybridized carbons (Fsp3) is 0.417. The Bertz CT molecular complexity index is 1040. The lowest BCUT2D eigenvalue weighted by atomic mass is 9.98. The first-order valence-corrected chi connectivity index (χ1v) is 10.7. The number of aromatic nitrogens is 2. The highest BCUT2D eigenvalue weighted by molar-refractivity contribution is 6.00. The molecular weight excluding hydrogens is 372 g/mol. The number of aryl methyl sites for hydroxylation is 1. The maximum Gasteiger partial charge on any atom is 0.158 e. The molecule has 2 N–H and O–H groups in total. The maximum atomic E-state index is 4.60. The van der Waals surface area contributed by atoms with E-state index in [1.54, 1.807) is 0 Å². The monoisotopic (exact) mass is 404 g/mol. The predicted molar refractivity (Wildman–Crippen MR) is 127 cm³/mol. The summed E-state index contributed by atoms with van der Waals surface area (Å²) in [5, 5.41) is 18.4. The first-order chi connectivity index (χ1) is 14.5. The van der Waals surface area contributed by atoms with E-state index in [0.717, 1.165) is 48.6 Å². The van der Waals surface area contributed by atoms with Crippen molar-refractivity contribution in [1.82, 2.24) is 15.5 Å². The van der Waals surface area contributed by atoms with Gasteiger partial charge in [-0.25, -0.2) is 0 Å². The summed E-state index contributed by atoms with van der Waals surface area (Å²) in [6, 6.07) is 13.3. The number of anilines is 3. The van der Waals surface area contributed by atoms with Crippen molar-refractivity contribution in [1.29, 1.82) is 0 Å². The average molecular weight is 405 g/mol. The third kappa shape index (κ3) is 3.92. The van der Waals surface area contributed by atoms with E-state index in [9.17, 15) is 0 Å². The van der Waals surface area contributed by atoms with Crippen LogP contribution in [0, 0.1) is 13.8 Å². The van der Waals surface area contributed by atoms with Gasteiger partial charge in [0.15, 0.2) is 11.6 Å². The van der Waals surface area contributed by atoms with Gasteiger partial charge in [-0.15, -0.1) is 10.2 Å². The summed E-state index contributed by atoms with van der Waals surface area (Å²) in [6.07, 6.45) is 0. The van der Waals surface area contributed by atoms with E-state index < -0.39 is 0 Å². The molecule has 4 rings (SSSR count). The van der Waals surface area contributed by atoms with E-state index in [2.05, 4.69) is 82.9 Å². The van der Waals surface area contributed by atoms with Crippen molar-refractivity contribution in [3.8, 4) is 0 Å². The van der Waals surface area contributed by atoms with Crippen LogP contribution in [0.1, 0.15) is 29.7 Å². The topological polar surface area (TPSA) is 56.3 Å². The van der Waals surface area contributed by atoms with Gasteiger partial charge < -0.3 is 20.4 Å². The van der Waals surface area contributed by atoms with Gasteiger partial charge in [0.2, 0.25) is 0 Å². The zero-order valence-corrected chi connectivity index (χ0v) is 18.7. The Morgan fingerprint density at radius 1 is 1.03 bits per heavy atom. The molecule has 1 aliphatic heterocycles. The number of hydrogen-bond donors (Lipinski definition) is 2. The van der Waals surface area contributed by atoms with Gasteiger partial charge in [-0.2, -0.15) is 0 Å². The van der Waals surface area contributed by atoms with Crippen molar-refractivity contribution in [2.45, 2.75) is 26.8 Å². The SMILES string of the molecule is Cc1cccc([C@@H](C)Nc2nnc(N(C)C)c3ccc(N4CCNCC4)cc23)c1C. The molecule has 1 fully saturated rings. The minimum atomic E-state index is 0.135. The fourth-order valence-corrected chi connectivity index (χ4v) is 4.21. The van der Waals surface area contributed by atoms with Crippen LogP contribution in [0.3, 0.4) is 0 Å². The van der Waals surface area contributed by atoms with Crippen molar-refractivity contribution < 1.29 is 0 Å². The predicted octanol–water partition coefficient (Wildman–Crippen LogP) is 3.90. The van der Waals surface area contributed by atoms with Crippen LogP contribution in [0.2, 0.25) is 0 Å². The summed E-state index contributed by atoms with van der Waals surface area (Å²) >= 11 is 0. The highest BCUT2D eigenvalue weighted by Crippen LogP contribution is 2.33. The summed E-state index contributed by atoms with van der Waals surface area (Å²) in [7, 11) is 4.03. The Morgan fingerprint density at radius 2 is 1.80 bits per heavy atom. The maximum absolute atomic E-state index is 4.60. The second-order valence-electron chi connectivity index (χ2n) is 8.39. The van der Waals surface area contributed by atoms with E-state index in [-0.39, 0.29) is 6.04 Å². The number of hydrogen-bond acceptors (Lipinski definition) is 6. The molecule has 3 aromatic rings. The second-order valence-corrected chi connectivity index (χ2v) is 8.39.